The number of fused-ring (bicyclic) bond motifs is 1. The third-order valence-corrected chi connectivity index (χ3v) is 8.13. The Kier molecular flexibility index (Phi) is 7.83. The SMILES string of the molecule is CN1[C@@H](CCC(=O)NCc2cccnc2)CNC(=O)[C@@H]2[C@H]1CCN2Cc1ccc(S(C)(=O)=O)cc1. The highest BCUT2D eigenvalue weighted by Crippen LogP contribution is 2.28. The van der Waals surface area contributed by atoms with Gasteiger partial charge < -0.3 is 10.6 Å². The monoisotopic (exact) mass is 499 g/mol. The fourth-order valence-electron chi connectivity index (χ4n) is 4.99. The highest BCUT2D eigenvalue weighted by molar-refractivity contribution is 7.90. The molecule has 0 bridgehead atoms. The zero-order valence-electron chi connectivity index (χ0n) is 20.2. The maximum Gasteiger partial charge on any atom is 0.239 e. The second-order valence-corrected chi connectivity index (χ2v) is 11.4. The molecular formula is C25H33N5O4S. The number of hydrogen-bond acceptors (Lipinski definition) is 7. The molecule has 0 aliphatic carbocycles. The number of likely N-dealkylation sites (N-methyl/N-ethyl adjacent to an activating group) is 1. The minimum Gasteiger partial charge on any atom is -0.353 e. The van der Waals surface area contributed by atoms with E-state index in [9.17, 15) is 18.0 Å². The molecule has 0 saturated carbocycles. The predicted molar refractivity (Wildman–Crippen MR) is 132 cm³/mol. The van der Waals surface area contributed by atoms with E-state index in [0.29, 0.717) is 37.4 Å². The van der Waals surface area contributed by atoms with E-state index in [2.05, 4.69) is 25.4 Å². The smallest absolute Gasteiger partial charge is 0.239 e. The van der Waals surface area contributed by atoms with Crippen LogP contribution in [0.25, 0.3) is 0 Å². The molecule has 2 amide bonds. The van der Waals surface area contributed by atoms with Crippen LogP contribution in [0, 0.1) is 0 Å². The van der Waals surface area contributed by atoms with Gasteiger partial charge in [0, 0.05) is 63.3 Å². The Bertz CT molecular complexity index is 1140. The van der Waals surface area contributed by atoms with Gasteiger partial charge in [-0.15, -0.1) is 0 Å². The molecule has 4 rings (SSSR count). The lowest BCUT2D eigenvalue weighted by Gasteiger charge is -2.33. The molecule has 10 heteroatoms. The first kappa shape index (κ1) is 25.3. The maximum atomic E-state index is 13.0. The Labute approximate surface area is 206 Å². The van der Waals surface area contributed by atoms with Gasteiger partial charge in [0.2, 0.25) is 11.8 Å². The van der Waals surface area contributed by atoms with E-state index >= 15 is 0 Å². The summed E-state index contributed by atoms with van der Waals surface area (Å²) in [5.41, 5.74) is 1.93. The van der Waals surface area contributed by atoms with Crippen LogP contribution in [0.3, 0.4) is 0 Å². The minimum absolute atomic E-state index is 0.00985. The van der Waals surface area contributed by atoms with Crippen molar-refractivity contribution >= 4 is 21.7 Å². The summed E-state index contributed by atoms with van der Waals surface area (Å²) in [4.78, 5) is 34.2. The van der Waals surface area contributed by atoms with Gasteiger partial charge in [-0.05, 0) is 49.2 Å². The summed E-state index contributed by atoms with van der Waals surface area (Å²) >= 11 is 0. The third-order valence-electron chi connectivity index (χ3n) is 7.00. The summed E-state index contributed by atoms with van der Waals surface area (Å²) in [7, 11) is -1.20. The number of likely N-dealkylation sites (tertiary alicyclic amines) is 1. The number of nitrogens with one attached hydrogen (secondary N) is 2. The Morgan fingerprint density at radius 1 is 1.20 bits per heavy atom. The Hall–Kier alpha value is -2.82. The van der Waals surface area contributed by atoms with Gasteiger partial charge in [0.05, 0.1) is 4.90 Å². The first-order valence-corrected chi connectivity index (χ1v) is 13.8. The Morgan fingerprint density at radius 2 is 1.97 bits per heavy atom. The fourth-order valence-corrected chi connectivity index (χ4v) is 5.62. The normalized spacial score (nSPS) is 23.4. The van der Waals surface area contributed by atoms with Crippen LogP contribution in [-0.4, -0.2) is 79.5 Å². The Morgan fingerprint density at radius 3 is 2.66 bits per heavy atom. The van der Waals surface area contributed by atoms with Crippen molar-refractivity contribution in [2.75, 3.05) is 26.4 Å². The van der Waals surface area contributed by atoms with Gasteiger partial charge in [0.1, 0.15) is 6.04 Å². The fraction of sp³-hybridized carbons (Fsp3) is 0.480. The molecule has 9 nitrogen and oxygen atoms in total. The van der Waals surface area contributed by atoms with E-state index < -0.39 is 9.84 Å². The van der Waals surface area contributed by atoms with Crippen molar-refractivity contribution in [1.82, 2.24) is 25.4 Å². The molecule has 0 radical (unpaired) electrons. The molecule has 2 N–H and O–H groups in total. The quantitative estimate of drug-likeness (QED) is 0.556. The molecule has 188 valence electrons. The number of nitrogens with zero attached hydrogens (tertiary/aromatic N) is 3. The summed E-state index contributed by atoms with van der Waals surface area (Å²) in [5, 5.41) is 6.02. The van der Waals surface area contributed by atoms with E-state index in [1.165, 1.54) is 6.26 Å². The standard InChI is InChI=1S/C25H33N5O4S/c1-29-20(7-10-23(31)27-15-19-4-3-12-26-14-19)16-28-25(32)24-22(29)11-13-30(24)17-18-5-8-21(9-6-18)35(2,33)34/h3-6,8-9,12,14,20,22,24H,7,10-11,13,15-17H2,1-2H3,(H,27,31)(H,28,32)/t20-,22+,24-/m0/s1. The zero-order valence-corrected chi connectivity index (χ0v) is 21.0. The molecule has 0 unspecified atom stereocenters. The molecule has 35 heavy (non-hydrogen) atoms. The number of pyridine rings is 1. The summed E-state index contributed by atoms with van der Waals surface area (Å²) < 4.78 is 23.5. The minimum atomic E-state index is -3.24. The molecule has 2 saturated heterocycles. The highest BCUT2D eigenvalue weighted by Gasteiger charge is 2.44. The molecule has 0 spiro atoms. The van der Waals surface area contributed by atoms with E-state index in [-0.39, 0.29) is 29.9 Å². The molecule has 2 aliphatic heterocycles. The largest absolute Gasteiger partial charge is 0.353 e. The number of carbonyl (C=O) groups is 2. The topological polar surface area (TPSA) is 112 Å². The lowest BCUT2D eigenvalue weighted by Crippen LogP contribution is -2.49. The van der Waals surface area contributed by atoms with E-state index in [1.807, 2.05) is 31.3 Å². The molecule has 1 aromatic heterocycles. The number of benzene rings is 1. The van der Waals surface area contributed by atoms with Gasteiger partial charge >= 0.3 is 0 Å². The first-order valence-electron chi connectivity index (χ1n) is 11.9. The van der Waals surface area contributed by atoms with Gasteiger partial charge in [-0.1, -0.05) is 18.2 Å². The van der Waals surface area contributed by atoms with Crippen LogP contribution in [0.2, 0.25) is 0 Å². The van der Waals surface area contributed by atoms with Crippen molar-refractivity contribution in [1.29, 1.82) is 0 Å². The Balaban J connectivity index is 1.34. The number of sulfone groups is 1. The van der Waals surface area contributed by atoms with Crippen LogP contribution in [-0.2, 0) is 32.5 Å². The number of hydrogen-bond donors (Lipinski definition) is 2. The highest BCUT2D eigenvalue weighted by atomic mass is 32.2. The number of carbonyl (C=O) groups excluding carboxylic acids is 2. The summed E-state index contributed by atoms with van der Waals surface area (Å²) in [6.45, 7) is 2.32. The van der Waals surface area contributed by atoms with Crippen molar-refractivity contribution in [2.45, 2.75) is 55.4 Å². The van der Waals surface area contributed by atoms with Gasteiger partial charge in [-0.3, -0.25) is 24.4 Å². The van der Waals surface area contributed by atoms with Crippen LogP contribution >= 0.6 is 0 Å². The van der Waals surface area contributed by atoms with E-state index in [1.54, 1.807) is 24.5 Å². The molecule has 2 aromatic rings. The van der Waals surface area contributed by atoms with Crippen LogP contribution < -0.4 is 10.6 Å². The number of aromatic nitrogens is 1. The van der Waals surface area contributed by atoms with Crippen molar-refractivity contribution in [3.63, 3.8) is 0 Å². The average Bonchev–Trinajstić information content (AvgIpc) is 3.21. The first-order chi connectivity index (χ1) is 16.7. The summed E-state index contributed by atoms with van der Waals surface area (Å²) in [5.74, 6) is -0.00407. The van der Waals surface area contributed by atoms with E-state index in [0.717, 1.165) is 24.1 Å². The summed E-state index contributed by atoms with van der Waals surface area (Å²) in [6.07, 6.45) is 6.54. The van der Waals surface area contributed by atoms with Gasteiger partial charge in [-0.2, -0.15) is 0 Å². The van der Waals surface area contributed by atoms with Crippen molar-refractivity contribution in [3.05, 3.63) is 59.9 Å². The van der Waals surface area contributed by atoms with Crippen molar-refractivity contribution < 1.29 is 18.0 Å². The van der Waals surface area contributed by atoms with Gasteiger partial charge in [0.15, 0.2) is 9.84 Å². The molecule has 3 heterocycles. The van der Waals surface area contributed by atoms with Crippen LogP contribution in [0.1, 0.15) is 30.4 Å². The van der Waals surface area contributed by atoms with Gasteiger partial charge in [0.25, 0.3) is 0 Å². The number of rotatable bonds is 8. The van der Waals surface area contributed by atoms with Crippen LogP contribution in [0.5, 0.6) is 0 Å². The van der Waals surface area contributed by atoms with Gasteiger partial charge in [-0.25, -0.2) is 8.42 Å². The zero-order chi connectivity index (χ0) is 25.0. The second kappa shape index (κ2) is 10.8. The lowest BCUT2D eigenvalue weighted by atomic mass is 10.0. The molecule has 1 aromatic carbocycles. The average molecular weight is 500 g/mol. The number of amides is 2. The van der Waals surface area contributed by atoms with Crippen LogP contribution in [0.4, 0.5) is 0 Å². The second-order valence-electron chi connectivity index (χ2n) is 9.43. The lowest BCUT2D eigenvalue weighted by molar-refractivity contribution is -0.126. The molecule has 3 atom stereocenters. The molecule has 2 fully saturated rings. The maximum absolute atomic E-state index is 13.0. The predicted octanol–water partition coefficient (Wildman–Crippen LogP) is 0.955. The molecule has 2 aliphatic rings. The molecular weight excluding hydrogens is 466 g/mol. The van der Waals surface area contributed by atoms with E-state index in [4.69, 9.17) is 0 Å². The van der Waals surface area contributed by atoms with Crippen LogP contribution in [0.15, 0.2) is 53.7 Å². The van der Waals surface area contributed by atoms with Crippen molar-refractivity contribution in [2.24, 2.45) is 0 Å². The summed E-state index contributed by atoms with van der Waals surface area (Å²) in [6, 6.07) is 10.5. The third kappa shape index (κ3) is 6.25. The van der Waals surface area contributed by atoms with Crippen molar-refractivity contribution in [3.8, 4) is 0 Å².